The number of anilines is 1. The molecule has 0 amide bonds. The van der Waals surface area contributed by atoms with Gasteiger partial charge in [0.1, 0.15) is 5.69 Å². The Hall–Kier alpha value is -1.03. The van der Waals surface area contributed by atoms with Crippen LogP contribution in [0.1, 0.15) is 31.3 Å². The molecule has 4 heteroatoms. The topological polar surface area (TPSA) is 33.2 Å². The summed E-state index contributed by atoms with van der Waals surface area (Å²) in [6.45, 7) is 7.11. The van der Waals surface area contributed by atoms with E-state index in [1.54, 1.807) is 6.92 Å². The van der Waals surface area contributed by atoms with Crippen LogP contribution in [0.4, 0.5) is 5.69 Å². The highest BCUT2D eigenvalue weighted by Crippen LogP contribution is 2.28. The highest BCUT2D eigenvalue weighted by atomic mass is 32.2. The van der Waals surface area contributed by atoms with Crippen molar-refractivity contribution in [3.05, 3.63) is 24.0 Å². The minimum absolute atomic E-state index is 0.0205. The van der Waals surface area contributed by atoms with Crippen molar-refractivity contribution < 1.29 is 4.79 Å². The van der Waals surface area contributed by atoms with E-state index < -0.39 is 0 Å². The maximum atomic E-state index is 11.2. The summed E-state index contributed by atoms with van der Waals surface area (Å²) in [4.78, 5) is 17.8. The number of hydrogen-bond donors (Lipinski definition) is 0. The first kappa shape index (κ1) is 12.4. The third-order valence-electron chi connectivity index (χ3n) is 3.32. The molecule has 1 saturated heterocycles. The zero-order chi connectivity index (χ0) is 12.4. The van der Waals surface area contributed by atoms with E-state index in [9.17, 15) is 4.79 Å². The quantitative estimate of drug-likeness (QED) is 0.755. The van der Waals surface area contributed by atoms with Gasteiger partial charge in [0.2, 0.25) is 0 Å². The Morgan fingerprint density at radius 1 is 1.47 bits per heavy atom. The standard InChI is InChI=1S/C13H18N2OS/c1-9-11(3)17-7-6-15(9)12-4-5-13(10(2)16)14-8-12/h4-5,8-9,11H,6-7H2,1-3H3. The number of nitrogens with zero attached hydrogens (tertiary/aromatic N) is 2. The van der Waals surface area contributed by atoms with Crippen LogP contribution in [-0.2, 0) is 0 Å². The highest BCUT2D eigenvalue weighted by Gasteiger charge is 2.25. The Labute approximate surface area is 107 Å². The molecule has 2 atom stereocenters. The van der Waals surface area contributed by atoms with Gasteiger partial charge in [0, 0.05) is 30.5 Å². The van der Waals surface area contributed by atoms with Gasteiger partial charge in [-0.3, -0.25) is 9.78 Å². The summed E-state index contributed by atoms with van der Waals surface area (Å²) in [7, 11) is 0. The van der Waals surface area contributed by atoms with Crippen molar-refractivity contribution in [2.75, 3.05) is 17.2 Å². The molecular weight excluding hydrogens is 232 g/mol. The molecule has 17 heavy (non-hydrogen) atoms. The molecule has 0 aromatic carbocycles. The summed E-state index contributed by atoms with van der Waals surface area (Å²) in [5.41, 5.74) is 1.66. The summed E-state index contributed by atoms with van der Waals surface area (Å²) in [5, 5.41) is 0.635. The fourth-order valence-corrected chi connectivity index (χ4v) is 3.16. The first-order chi connectivity index (χ1) is 8.09. The Kier molecular flexibility index (Phi) is 3.72. The molecule has 1 fully saturated rings. The fraction of sp³-hybridized carbons (Fsp3) is 0.538. The lowest BCUT2D eigenvalue weighted by molar-refractivity contribution is 0.101. The SMILES string of the molecule is CC(=O)c1ccc(N2CCSC(C)C2C)cn1. The first-order valence-corrected chi connectivity index (χ1v) is 6.99. The van der Waals surface area contributed by atoms with Crippen LogP contribution in [0.3, 0.4) is 0 Å². The minimum atomic E-state index is 0.0205. The Balaban J connectivity index is 2.19. The van der Waals surface area contributed by atoms with Crippen LogP contribution in [0.15, 0.2) is 18.3 Å². The van der Waals surface area contributed by atoms with Gasteiger partial charge < -0.3 is 4.90 Å². The lowest BCUT2D eigenvalue weighted by atomic mass is 10.2. The summed E-state index contributed by atoms with van der Waals surface area (Å²) in [6.07, 6.45) is 1.82. The van der Waals surface area contributed by atoms with Gasteiger partial charge in [-0.1, -0.05) is 6.92 Å². The lowest BCUT2D eigenvalue weighted by Crippen LogP contribution is -2.44. The second-order valence-corrected chi connectivity index (χ2v) is 5.95. The molecule has 1 aromatic rings. The zero-order valence-electron chi connectivity index (χ0n) is 10.5. The van der Waals surface area contributed by atoms with Crippen molar-refractivity contribution in [1.29, 1.82) is 0 Å². The largest absolute Gasteiger partial charge is 0.366 e. The van der Waals surface area contributed by atoms with Crippen LogP contribution >= 0.6 is 11.8 Å². The summed E-state index contributed by atoms with van der Waals surface area (Å²) >= 11 is 2.02. The second-order valence-electron chi connectivity index (χ2n) is 4.47. The first-order valence-electron chi connectivity index (χ1n) is 5.95. The van der Waals surface area contributed by atoms with Crippen molar-refractivity contribution in [1.82, 2.24) is 4.98 Å². The number of ketones is 1. The molecule has 0 spiro atoms. The third-order valence-corrected chi connectivity index (χ3v) is 4.66. The molecule has 1 aliphatic heterocycles. The van der Waals surface area contributed by atoms with E-state index >= 15 is 0 Å². The van der Waals surface area contributed by atoms with Crippen LogP contribution < -0.4 is 4.90 Å². The Morgan fingerprint density at radius 2 is 2.24 bits per heavy atom. The Bertz CT molecular complexity index is 404. The third kappa shape index (κ3) is 2.63. The number of thioether (sulfide) groups is 1. The van der Waals surface area contributed by atoms with Crippen LogP contribution in [0.5, 0.6) is 0 Å². The van der Waals surface area contributed by atoms with Crippen molar-refractivity contribution in [2.45, 2.75) is 32.1 Å². The van der Waals surface area contributed by atoms with E-state index in [1.807, 2.05) is 30.1 Å². The molecule has 0 radical (unpaired) electrons. The molecule has 0 saturated carbocycles. The molecule has 92 valence electrons. The van der Waals surface area contributed by atoms with Crippen molar-refractivity contribution >= 4 is 23.2 Å². The van der Waals surface area contributed by atoms with Gasteiger partial charge in [-0.2, -0.15) is 11.8 Å². The van der Waals surface area contributed by atoms with Gasteiger partial charge in [-0.05, 0) is 19.1 Å². The number of aromatic nitrogens is 1. The number of pyridine rings is 1. The van der Waals surface area contributed by atoms with E-state index in [-0.39, 0.29) is 5.78 Å². The van der Waals surface area contributed by atoms with Crippen LogP contribution in [0.25, 0.3) is 0 Å². The van der Waals surface area contributed by atoms with Gasteiger partial charge in [0.15, 0.2) is 5.78 Å². The molecular formula is C13H18N2OS. The van der Waals surface area contributed by atoms with Crippen LogP contribution in [-0.4, -0.2) is 34.4 Å². The van der Waals surface area contributed by atoms with Gasteiger partial charge in [0.25, 0.3) is 0 Å². The van der Waals surface area contributed by atoms with Gasteiger partial charge >= 0.3 is 0 Å². The highest BCUT2D eigenvalue weighted by molar-refractivity contribution is 8.00. The van der Waals surface area contributed by atoms with E-state index in [1.165, 1.54) is 0 Å². The maximum absolute atomic E-state index is 11.2. The van der Waals surface area contributed by atoms with Gasteiger partial charge in [-0.15, -0.1) is 0 Å². The summed E-state index contributed by atoms with van der Waals surface area (Å²) in [5.74, 6) is 1.17. The average molecular weight is 250 g/mol. The molecule has 2 unspecified atom stereocenters. The predicted molar refractivity (Wildman–Crippen MR) is 73.0 cm³/mol. The Morgan fingerprint density at radius 3 is 2.82 bits per heavy atom. The normalized spacial score (nSPS) is 24.8. The van der Waals surface area contributed by atoms with E-state index in [2.05, 4.69) is 23.7 Å². The fourth-order valence-electron chi connectivity index (χ4n) is 2.06. The van der Waals surface area contributed by atoms with Crippen LogP contribution in [0, 0.1) is 0 Å². The molecule has 3 nitrogen and oxygen atoms in total. The zero-order valence-corrected chi connectivity index (χ0v) is 11.3. The number of carbonyl (C=O) groups excluding carboxylic acids is 1. The van der Waals surface area contributed by atoms with E-state index in [0.29, 0.717) is 17.0 Å². The van der Waals surface area contributed by atoms with Crippen molar-refractivity contribution in [2.24, 2.45) is 0 Å². The van der Waals surface area contributed by atoms with E-state index in [0.717, 1.165) is 18.0 Å². The number of rotatable bonds is 2. The summed E-state index contributed by atoms with van der Waals surface area (Å²) < 4.78 is 0. The minimum Gasteiger partial charge on any atom is -0.366 e. The van der Waals surface area contributed by atoms with Crippen molar-refractivity contribution in [3.8, 4) is 0 Å². The van der Waals surface area contributed by atoms with Crippen molar-refractivity contribution in [3.63, 3.8) is 0 Å². The molecule has 1 aliphatic rings. The molecule has 1 aromatic heterocycles. The molecule has 0 N–H and O–H groups in total. The monoisotopic (exact) mass is 250 g/mol. The predicted octanol–water partition coefficient (Wildman–Crippen LogP) is 2.61. The number of carbonyl (C=O) groups is 1. The van der Waals surface area contributed by atoms with Gasteiger partial charge in [0.05, 0.1) is 11.9 Å². The molecule has 0 aliphatic carbocycles. The number of hydrogen-bond acceptors (Lipinski definition) is 4. The summed E-state index contributed by atoms with van der Waals surface area (Å²) in [6, 6.07) is 4.33. The van der Waals surface area contributed by atoms with Gasteiger partial charge in [-0.25, -0.2) is 0 Å². The smallest absolute Gasteiger partial charge is 0.178 e. The maximum Gasteiger partial charge on any atom is 0.178 e. The molecule has 2 heterocycles. The molecule has 2 rings (SSSR count). The van der Waals surface area contributed by atoms with E-state index in [4.69, 9.17) is 0 Å². The average Bonchev–Trinajstić information content (AvgIpc) is 2.33. The molecule has 0 bridgehead atoms. The lowest BCUT2D eigenvalue weighted by Gasteiger charge is -2.39. The number of Topliss-reactive ketones (excluding diaryl/α,β-unsaturated/α-hetero) is 1. The second kappa shape index (κ2) is 5.08. The van der Waals surface area contributed by atoms with Crippen LogP contribution in [0.2, 0.25) is 0 Å².